The number of amides is 1. The zero-order chi connectivity index (χ0) is 53.6. The number of carbonyl (C=O) groups excluding carboxylic acids is 1. The topological polar surface area (TPSA) is 149 Å². The average molecular weight is 1030 g/mol. The summed E-state index contributed by atoms with van der Waals surface area (Å²) in [6.45, 7) is 3.64. The normalized spacial score (nSPS) is 19.9. The first-order chi connectivity index (χ1) is 36.3. The van der Waals surface area contributed by atoms with Crippen LogP contribution in [0.15, 0.2) is 122 Å². The molecule has 0 bridgehead atoms. The number of hydrogen-bond donors (Lipinski definition) is 6. The number of carbonyl (C=O) groups is 1. The molecule has 0 spiro atoms. The summed E-state index contributed by atoms with van der Waals surface area (Å²) in [7, 11) is 0. The lowest BCUT2D eigenvalue weighted by Crippen LogP contribution is -2.60. The second-order valence-corrected chi connectivity index (χ2v) is 20.0. The second-order valence-electron chi connectivity index (χ2n) is 20.0. The maximum absolute atomic E-state index is 13.1. The molecule has 1 amide bonds. The molecule has 0 aromatic carbocycles. The highest BCUT2D eigenvalue weighted by atomic mass is 16.7. The van der Waals surface area contributed by atoms with Crippen LogP contribution in [0.3, 0.4) is 0 Å². The van der Waals surface area contributed by atoms with Crippen molar-refractivity contribution in [3.8, 4) is 0 Å². The standard InChI is InChI=1S/C65H109NO8/c1-3-5-7-9-11-13-15-17-19-21-22-23-24-25-26-27-28-29-30-31-32-33-34-35-36-37-38-39-41-43-45-47-49-51-53-55-61(69)66-58(57-73-65-64(72)63(71)62(70)60(56-67)74-65)59(68)54-52-50-48-46-44-42-40-20-18-16-14-12-10-8-6-4-2/h5,7,11,13,17,19,22-23,25-26,28-29,31-32,34-35,44,46,52,54,58-60,62-65,67-68,70-72H,3-4,6,8-10,12,14-16,18,20-21,24,27,30,33,36-43,45,47-51,53,55-57H2,1-2H3,(H,66,69)/b7-5-,13-11-,19-17-,23-22-,26-25-,29-28-,32-31-,35-34-,46-44+,54-52+. The van der Waals surface area contributed by atoms with Gasteiger partial charge in [0.25, 0.3) is 0 Å². The summed E-state index contributed by atoms with van der Waals surface area (Å²) in [5.41, 5.74) is 0. The van der Waals surface area contributed by atoms with E-state index >= 15 is 0 Å². The molecule has 74 heavy (non-hydrogen) atoms. The number of aliphatic hydroxyl groups excluding tert-OH is 5. The zero-order valence-electron chi connectivity index (χ0n) is 46.8. The van der Waals surface area contributed by atoms with Gasteiger partial charge in [-0.15, -0.1) is 0 Å². The van der Waals surface area contributed by atoms with Gasteiger partial charge in [-0.3, -0.25) is 4.79 Å². The predicted molar refractivity (Wildman–Crippen MR) is 313 cm³/mol. The molecule has 9 nitrogen and oxygen atoms in total. The summed E-state index contributed by atoms with van der Waals surface area (Å²) in [4.78, 5) is 13.1. The van der Waals surface area contributed by atoms with Crippen LogP contribution in [-0.2, 0) is 14.3 Å². The molecule has 1 saturated heterocycles. The Bertz CT molecular complexity index is 1570. The summed E-state index contributed by atoms with van der Waals surface area (Å²) in [6.07, 6.45) is 72.6. The zero-order valence-corrected chi connectivity index (χ0v) is 46.8. The first kappa shape index (κ1) is 68.6. The lowest BCUT2D eigenvalue weighted by molar-refractivity contribution is -0.302. The monoisotopic (exact) mass is 1030 g/mol. The Balaban J connectivity index is 2.20. The van der Waals surface area contributed by atoms with E-state index in [9.17, 15) is 30.3 Å². The van der Waals surface area contributed by atoms with Crippen LogP contribution in [0.25, 0.3) is 0 Å². The lowest BCUT2D eigenvalue weighted by atomic mass is 9.99. The van der Waals surface area contributed by atoms with Crippen molar-refractivity contribution in [2.45, 2.75) is 269 Å². The van der Waals surface area contributed by atoms with Crippen molar-refractivity contribution in [3.63, 3.8) is 0 Å². The fourth-order valence-electron chi connectivity index (χ4n) is 8.60. The van der Waals surface area contributed by atoms with Gasteiger partial charge < -0.3 is 40.3 Å². The van der Waals surface area contributed by atoms with Gasteiger partial charge in [0.15, 0.2) is 6.29 Å². The first-order valence-electron chi connectivity index (χ1n) is 29.8. The summed E-state index contributed by atoms with van der Waals surface area (Å²) in [6, 6.07) is -0.832. The molecule has 1 rings (SSSR count). The molecular formula is C65H109NO8. The van der Waals surface area contributed by atoms with Crippen molar-refractivity contribution in [1.29, 1.82) is 0 Å². The largest absolute Gasteiger partial charge is 0.394 e. The number of unbranched alkanes of at least 4 members (excludes halogenated alkanes) is 21. The van der Waals surface area contributed by atoms with E-state index in [2.05, 4.69) is 129 Å². The van der Waals surface area contributed by atoms with Gasteiger partial charge in [0.2, 0.25) is 5.91 Å². The molecule has 0 aromatic rings. The highest BCUT2D eigenvalue weighted by Gasteiger charge is 2.44. The SMILES string of the molecule is CC/C=C\C/C=C\C/C=C\C/C=C\C/C=C\C/C=C\C/C=C\C/C=C\CCCCCCCCCCCCC(=O)NC(COC1OC(CO)C(O)C(O)C1O)C(O)/C=C/CC/C=C/CCCCCCCCCCCC. The molecule has 6 N–H and O–H groups in total. The summed E-state index contributed by atoms with van der Waals surface area (Å²) < 4.78 is 11.2. The second kappa shape index (κ2) is 53.0. The summed E-state index contributed by atoms with van der Waals surface area (Å²) in [5, 5.41) is 54.5. The number of allylic oxidation sites excluding steroid dienone is 19. The van der Waals surface area contributed by atoms with Gasteiger partial charge in [-0.1, -0.05) is 245 Å². The third-order valence-electron chi connectivity index (χ3n) is 13.3. The van der Waals surface area contributed by atoms with Crippen molar-refractivity contribution in [2.75, 3.05) is 13.2 Å². The fourth-order valence-corrected chi connectivity index (χ4v) is 8.60. The molecule has 1 aliphatic rings. The van der Waals surface area contributed by atoms with E-state index < -0.39 is 49.5 Å². The van der Waals surface area contributed by atoms with Crippen LogP contribution < -0.4 is 5.32 Å². The van der Waals surface area contributed by atoms with Gasteiger partial charge in [0.05, 0.1) is 25.4 Å². The van der Waals surface area contributed by atoms with Gasteiger partial charge in [0, 0.05) is 6.42 Å². The number of hydrogen-bond acceptors (Lipinski definition) is 8. The van der Waals surface area contributed by atoms with Crippen molar-refractivity contribution in [1.82, 2.24) is 5.32 Å². The Labute approximate surface area is 452 Å². The van der Waals surface area contributed by atoms with Crippen LogP contribution in [0.4, 0.5) is 0 Å². The van der Waals surface area contributed by atoms with Gasteiger partial charge in [0.1, 0.15) is 24.4 Å². The van der Waals surface area contributed by atoms with E-state index in [-0.39, 0.29) is 12.5 Å². The van der Waals surface area contributed by atoms with Gasteiger partial charge in [-0.2, -0.15) is 0 Å². The minimum Gasteiger partial charge on any atom is -0.394 e. The average Bonchev–Trinajstić information content (AvgIpc) is 3.40. The minimum absolute atomic E-state index is 0.196. The minimum atomic E-state index is -1.58. The Kier molecular flexibility index (Phi) is 49.1. The van der Waals surface area contributed by atoms with E-state index in [1.807, 2.05) is 6.08 Å². The fraction of sp³-hybridized carbons (Fsp3) is 0.677. The van der Waals surface area contributed by atoms with Crippen molar-refractivity contribution in [2.24, 2.45) is 0 Å². The lowest BCUT2D eigenvalue weighted by Gasteiger charge is -2.40. The smallest absolute Gasteiger partial charge is 0.220 e. The molecule has 7 unspecified atom stereocenters. The number of ether oxygens (including phenoxy) is 2. The summed E-state index contributed by atoms with van der Waals surface area (Å²) in [5.74, 6) is -0.196. The molecule has 7 atom stereocenters. The molecule has 422 valence electrons. The van der Waals surface area contributed by atoms with Crippen LogP contribution in [0.1, 0.15) is 226 Å². The molecular weight excluding hydrogens is 923 g/mol. The third-order valence-corrected chi connectivity index (χ3v) is 13.3. The number of rotatable bonds is 49. The van der Waals surface area contributed by atoms with Crippen LogP contribution in [0.5, 0.6) is 0 Å². The Morgan fingerprint density at radius 1 is 0.473 bits per heavy atom. The molecule has 0 aromatic heterocycles. The molecule has 0 aliphatic carbocycles. The van der Waals surface area contributed by atoms with Crippen LogP contribution in [0.2, 0.25) is 0 Å². The third kappa shape index (κ3) is 41.8. The quantitative estimate of drug-likeness (QED) is 0.0261. The van der Waals surface area contributed by atoms with Gasteiger partial charge in [-0.25, -0.2) is 0 Å². The molecule has 0 saturated carbocycles. The Morgan fingerprint density at radius 2 is 0.851 bits per heavy atom. The van der Waals surface area contributed by atoms with Gasteiger partial charge >= 0.3 is 0 Å². The molecule has 9 heteroatoms. The van der Waals surface area contributed by atoms with E-state index in [0.717, 1.165) is 103 Å². The maximum Gasteiger partial charge on any atom is 0.220 e. The Morgan fingerprint density at radius 3 is 1.30 bits per heavy atom. The first-order valence-corrected chi connectivity index (χ1v) is 29.8. The number of nitrogens with one attached hydrogen (secondary N) is 1. The number of aliphatic hydroxyl groups is 5. The van der Waals surface area contributed by atoms with Crippen molar-refractivity contribution >= 4 is 5.91 Å². The van der Waals surface area contributed by atoms with E-state index in [4.69, 9.17) is 9.47 Å². The van der Waals surface area contributed by atoms with Crippen molar-refractivity contribution < 1.29 is 39.8 Å². The van der Waals surface area contributed by atoms with Crippen LogP contribution in [0, 0.1) is 0 Å². The van der Waals surface area contributed by atoms with E-state index in [1.54, 1.807) is 6.08 Å². The molecule has 0 radical (unpaired) electrons. The van der Waals surface area contributed by atoms with Crippen LogP contribution in [-0.4, -0.2) is 87.5 Å². The van der Waals surface area contributed by atoms with E-state index in [1.165, 1.54) is 103 Å². The molecule has 1 aliphatic heterocycles. The Hall–Kier alpha value is -3.41. The molecule has 1 fully saturated rings. The summed E-state index contributed by atoms with van der Waals surface area (Å²) >= 11 is 0. The molecule has 1 heterocycles. The predicted octanol–water partition coefficient (Wildman–Crippen LogP) is 15.1. The maximum atomic E-state index is 13.1. The van der Waals surface area contributed by atoms with Crippen LogP contribution >= 0.6 is 0 Å². The van der Waals surface area contributed by atoms with Crippen molar-refractivity contribution in [3.05, 3.63) is 122 Å². The highest BCUT2D eigenvalue weighted by Crippen LogP contribution is 2.23. The van der Waals surface area contributed by atoms with Gasteiger partial charge in [-0.05, 0) is 96.3 Å². The van der Waals surface area contributed by atoms with E-state index in [0.29, 0.717) is 6.42 Å². The highest BCUT2D eigenvalue weighted by molar-refractivity contribution is 5.76.